The number of rotatable bonds is 1. The molecule has 0 aromatic heterocycles. The molecule has 0 spiro atoms. The van der Waals surface area contributed by atoms with Crippen molar-refractivity contribution >= 4 is 11.8 Å². The van der Waals surface area contributed by atoms with E-state index in [1.165, 1.54) is 12.2 Å². The molecule has 6 nitrogen and oxygen atoms in total. The number of aliphatic hydroxyl groups is 1. The van der Waals surface area contributed by atoms with E-state index in [-0.39, 0.29) is 18.1 Å². The van der Waals surface area contributed by atoms with Gasteiger partial charge in [-0.1, -0.05) is 18.6 Å². The van der Waals surface area contributed by atoms with Crippen molar-refractivity contribution in [3.05, 3.63) is 23.8 Å². The Balaban J connectivity index is 1.64. The van der Waals surface area contributed by atoms with Gasteiger partial charge in [0.25, 0.3) is 0 Å². The molecule has 164 valence electrons. The van der Waals surface area contributed by atoms with Crippen LogP contribution in [0, 0.1) is 22.7 Å². The molecule has 4 aliphatic carbocycles. The van der Waals surface area contributed by atoms with Crippen LogP contribution in [0.25, 0.3) is 0 Å². The molecule has 1 aliphatic heterocycles. The molecule has 30 heavy (non-hydrogen) atoms. The van der Waals surface area contributed by atoms with Crippen molar-refractivity contribution < 1.29 is 33.7 Å². The highest BCUT2D eigenvalue weighted by atomic mass is 19.1. The van der Waals surface area contributed by atoms with Crippen LogP contribution in [-0.4, -0.2) is 51.2 Å². The maximum Gasteiger partial charge on any atom is 0.339 e. The maximum atomic E-state index is 17.0. The van der Waals surface area contributed by atoms with Gasteiger partial charge in [-0.2, -0.15) is 0 Å². The summed E-state index contributed by atoms with van der Waals surface area (Å²) in [6.45, 7) is 6.94. The van der Waals surface area contributed by atoms with E-state index in [0.29, 0.717) is 24.8 Å². The van der Waals surface area contributed by atoms with Crippen molar-refractivity contribution in [2.75, 3.05) is 0 Å². The first-order valence-corrected chi connectivity index (χ1v) is 10.7. The van der Waals surface area contributed by atoms with Crippen LogP contribution in [0.1, 0.15) is 53.4 Å². The second-order valence-corrected chi connectivity index (χ2v) is 10.6. The van der Waals surface area contributed by atoms with E-state index < -0.39 is 52.0 Å². The normalized spacial score (nSPS) is 53.4. The Kier molecular flexibility index (Phi) is 3.81. The molecule has 2 N–H and O–H groups in total. The molecule has 3 saturated carbocycles. The maximum absolute atomic E-state index is 17.0. The fourth-order valence-corrected chi connectivity index (χ4v) is 7.68. The lowest BCUT2D eigenvalue weighted by atomic mass is 9.45. The summed E-state index contributed by atoms with van der Waals surface area (Å²) in [5.74, 6) is -3.24. The van der Waals surface area contributed by atoms with Crippen molar-refractivity contribution in [2.24, 2.45) is 22.7 Å². The zero-order chi connectivity index (χ0) is 21.9. The van der Waals surface area contributed by atoms with Crippen LogP contribution >= 0.6 is 0 Å². The van der Waals surface area contributed by atoms with Crippen molar-refractivity contribution in [1.82, 2.24) is 0 Å². The Morgan fingerprint density at radius 1 is 1.23 bits per heavy atom. The molecule has 4 fully saturated rings. The molecule has 1 saturated heterocycles. The summed E-state index contributed by atoms with van der Waals surface area (Å²) in [6, 6.07) is 0. The number of hydrogen-bond acceptors (Lipinski definition) is 5. The van der Waals surface area contributed by atoms with Gasteiger partial charge in [0.15, 0.2) is 22.8 Å². The van der Waals surface area contributed by atoms with Crippen LogP contribution in [-0.2, 0) is 19.1 Å². The van der Waals surface area contributed by atoms with Crippen LogP contribution in [0.4, 0.5) is 4.39 Å². The number of aliphatic hydroxyl groups excluding tert-OH is 1. The highest BCUT2D eigenvalue weighted by molar-refractivity contribution is 6.01. The zero-order valence-corrected chi connectivity index (χ0v) is 17.8. The summed E-state index contributed by atoms with van der Waals surface area (Å²) in [5, 5.41) is 21.6. The Morgan fingerprint density at radius 2 is 1.93 bits per heavy atom. The number of hydrogen-bond donors (Lipinski definition) is 2. The molecule has 5 aliphatic rings. The van der Waals surface area contributed by atoms with Crippen LogP contribution in [0.2, 0.25) is 0 Å². The number of carboxylic acid groups (broad SMARTS) is 1. The number of carbonyl (C=O) groups excluding carboxylic acids is 1. The number of ketones is 1. The van der Waals surface area contributed by atoms with Crippen LogP contribution in [0.3, 0.4) is 0 Å². The summed E-state index contributed by atoms with van der Waals surface area (Å²) in [4.78, 5) is 24.5. The van der Waals surface area contributed by atoms with E-state index >= 15 is 4.39 Å². The SMILES string of the molecule is CC1(C)O[C@@H]2C[C@@H]3[C@@H]4CCC5=CC(=O)C=C[C@]5(C)[C@@]4(F)[C@@H](O)C[C@]3(C)[C@]2(C(=O)O)O1. The fourth-order valence-electron chi connectivity index (χ4n) is 7.68. The van der Waals surface area contributed by atoms with Gasteiger partial charge >= 0.3 is 5.97 Å². The van der Waals surface area contributed by atoms with E-state index in [2.05, 4.69) is 0 Å². The zero-order valence-electron chi connectivity index (χ0n) is 17.8. The van der Waals surface area contributed by atoms with Crippen LogP contribution in [0.5, 0.6) is 0 Å². The topological polar surface area (TPSA) is 93.1 Å². The van der Waals surface area contributed by atoms with Gasteiger partial charge in [0.1, 0.15) is 6.10 Å². The van der Waals surface area contributed by atoms with Crippen LogP contribution < -0.4 is 0 Å². The van der Waals surface area contributed by atoms with Gasteiger partial charge < -0.3 is 19.7 Å². The highest BCUT2D eigenvalue weighted by Gasteiger charge is 2.80. The van der Waals surface area contributed by atoms with E-state index in [0.717, 1.165) is 0 Å². The monoisotopic (exact) mass is 420 g/mol. The second kappa shape index (κ2) is 5.61. The molecule has 0 amide bonds. The minimum Gasteiger partial charge on any atom is -0.479 e. The first-order chi connectivity index (χ1) is 13.8. The number of aliphatic carboxylic acids is 1. The third-order valence-corrected chi connectivity index (χ3v) is 8.95. The largest absolute Gasteiger partial charge is 0.479 e. The molecule has 1 heterocycles. The number of carbonyl (C=O) groups is 2. The van der Waals surface area contributed by atoms with Gasteiger partial charge in [0, 0.05) is 16.7 Å². The lowest BCUT2D eigenvalue weighted by Crippen LogP contribution is -2.69. The molecule has 7 heteroatoms. The van der Waals surface area contributed by atoms with Crippen molar-refractivity contribution in [2.45, 2.75) is 82.6 Å². The predicted molar refractivity (Wildman–Crippen MR) is 104 cm³/mol. The van der Waals surface area contributed by atoms with E-state index in [1.807, 2.05) is 6.92 Å². The van der Waals surface area contributed by atoms with Gasteiger partial charge in [-0.05, 0) is 64.5 Å². The first kappa shape index (κ1) is 20.3. The number of carboxylic acids is 1. The third kappa shape index (κ3) is 2.04. The van der Waals surface area contributed by atoms with Gasteiger partial charge in [-0.15, -0.1) is 0 Å². The number of allylic oxidation sites excluding steroid dienone is 4. The van der Waals surface area contributed by atoms with E-state index in [4.69, 9.17) is 9.47 Å². The number of alkyl halides is 1. The molecule has 0 bridgehead atoms. The quantitative estimate of drug-likeness (QED) is 0.678. The number of ether oxygens (including phenoxy) is 2. The average molecular weight is 420 g/mol. The van der Waals surface area contributed by atoms with Crippen molar-refractivity contribution in [3.8, 4) is 0 Å². The van der Waals surface area contributed by atoms with Crippen molar-refractivity contribution in [3.63, 3.8) is 0 Å². The Bertz CT molecular complexity index is 909. The number of fused-ring (bicyclic) bond motifs is 7. The Hall–Kier alpha value is -1.57. The van der Waals surface area contributed by atoms with Gasteiger partial charge in [-0.25, -0.2) is 9.18 Å². The Labute approximate surface area is 175 Å². The van der Waals surface area contributed by atoms with Crippen LogP contribution in [0.15, 0.2) is 23.8 Å². The second-order valence-electron chi connectivity index (χ2n) is 10.6. The molecule has 0 radical (unpaired) electrons. The third-order valence-electron chi connectivity index (χ3n) is 8.95. The molecule has 0 aromatic carbocycles. The highest BCUT2D eigenvalue weighted by Crippen LogP contribution is 2.72. The first-order valence-electron chi connectivity index (χ1n) is 10.7. The molecular formula is C23H29FO6. The molecule has 8 atom stereocenters. The minimum absolute atomic E-state index is 0.0441. The van der Waals surface area contributed by atoms with Gasteiger partial charge in [0.05, 0.1) is 6.10 Å². The lowest BCUT2D eigenvalue weighted by molar-refractivity contribution is -0.251. The summed E-state index contributed by atoms with van der Waals surface area (Å²) < 4.78 is 29.1. The predicted octanol–water partition coefficient (Wildman–Crippen LogP) is 2.94. The van der Waals surface area contributed by atoms with Gasteiger partial charge in [-0.3, -0.25) is 4.79 Å². The fraction of sp³-hybridized carbons (Fsp3) is 0.739. The molecular weight excluding hydrogens is 391 g/mol. The summed E-state index contributed by atoms with van der Waals surface area (Å²) >= 11 is 0. The van der Waals surface area contributed by atoms with Crippen molar-refractivity contribution in [1.29, 1.82) is 0 Å². The molecule has 0 unspecified atom stereocenters. The Morgan fingerprint density at radius 3 is 2.60 bits per heavy atom. The average Bonchev–Trinajstić information content (AvgIpc) is 3.04. The van der Waals surface area contributed by atoms with E-state index in [1.54, 1.807) is 26.8 Å². The minimum atomic E-state index is -1.99. The number of halogens is 1. The summed E-state index contributed by atoms with van der Waals surface area (Å²) in [5.41, 5.74) is -5.00. The van der Waals surface area contributed by atoms with E-state index in [9.17, 15) is 19.8 Å². The summed E-state index contributed by atoms with van der Waals surface area (Å²) in [7, 11) is 0. The lowest BCUT2D eigenvalue weighted by Gasteiger charge is -2.62. The standard InChI is InChI=1S/C23H29FO6/c1-19(2)29-17-10-15-14-6-5-12-9-13(25)7-8-20(12,3)22(14,24)16(26)11-21(15,4)23(17,30-19)18(27)28/h7-9,14-17,26H,5-6,10-11H2,1-4H3,(H,27,28)/t14-,15+,16-,17+,20-,21-,22-,23-/m0/s1. The summed E-state index contributed by atoms with van der Waals surface area (Å²) in [6.07, 6.45) is 3.69. The molecule has 0 aromatic rings. The van der Waals surface area contributed by atoms with Gasteiger partial charge in [0.2, 0.25) is 0 Å². The smallest absolute Gasteiger partial charge is 0.339 e. The molecule has 5 rings (SSSR count).